The van der Waals surface area contributed by atoms with Crippen molar-refractivity contribution in [2.45, 2.75) is 65.2 Å². The quantitative estimate of drug-likeness (QED) is 0.819. The summed E-state index contributed by atoms with van der Waals surface area (Å²) in [7, 11) is 0. The first-order chi connectivity index (χ1) is 10.6. The van der Waals surface area contributed by atoms with Crippen LogP contribution < -0.4 is 10.6 Å². The van der Waals surface area contributed by atoms with Gasteiger partial charge in [-0.05, 0) is 12.8 Å². The molecule has 0 saturated heterocycles. The zero-order valence-electron chi connectivity index (χ0n) is 15.3. The van der Waals surface area contributed by atoms with Gasteiger partial charge in [0.05, 0.1) is 5.69 Å². The van der Waals surface area contributed by atoms with Crippen LogP contribution in [-0.4, -0.2) is 29.0 Å². The Kier molecular flexibility index (Phi) is 4.97. The molecule has 0 atom stereocenters. The van der Waals surface area contributed by atoms with Crippen molar-refractivity contribution in [3.05, 3.63) is 17.6 Å². The number of carbonyl (C=O) groups excluding carboxylic acids is 1. The van der Waals surface area contributed by atoms with E-state index in [0.29, 0.717) is 13.1 Å². The predicted molar refractivity (Wildman–Crippen MR) is 93.7 cm³/mol. The summed E-state index contributed by atoms with van der Waals surface area (Å²) in [5, 5.41) is 6.28. The van der Waals surface area contributed by atoms with Crippen LogP contribution in [0.2, 0.25) is 0 Å². The molecule has 0 spiro atoms. The van der Waals surface area contributed by atoms with Crippen molar-refractivity contribution in [3.63, 3.8) is 0 Å². The molecule has 1 fully saturated rings. The predicted octanol–water partition coefficient (Wildman–Crippen LogP) is 3.01. The molecule has 23 heavy (non-hydrogen) atoms. The van der Waals surface area contributed by atoms with Crippen LogP contribution in [0.5, 0.6) is 0 Å². The number of anilines is 1. The number of nitrogens with zero attached hydrogens (tertiary/aromatic N) is 2. The Morgan fingerprint density at radius 1 is 1.09 bits per heavy atom. The average Bonchev–Trinajstić information content (AvgIpc) is 3.25. The molecule has 0 aromatic carbocycles. The summed E-state index contributed by atoms with van der Waals surface area (Å²) in [4.78, 5) is 21.0. The molecule has 1 aromatic rings. The summed E-state index contributed by atoms with van der Waals surface area (Å²) < 4.78 is 0. The first-order valence-corrected chi connectivity index (χ1v) is 8.49. The van der Waals surface area contributed by atoms with Crippen molar-refractivity contribution in [1.29, 1.82) is 0 Å². The van der Waals surface area contributed by atoms with E-state index in [1.54, 1.807) is 0 Å². The lowest BCUT2D eigenvalue weighted by Crippen LogP contribution is -2.30. The second-order valence-electron chi connectivity index (χ2n) is 8.45. The smallest absolute Gasteiger partial charge is 0.223 e. The number of amides is 1. The van der Waals surface area contributed by atoms with Gasteiger partial charge in [-0.2, -0.15) is 0 Å². The maximum atomic E-state index is 11.6. The number of aromatic nitrogens is 2. The molecule has 1 saturated carbocycles. The molecule has 1 aliphatic carbocycles. The highest BCUT2D eigenvalue weighted by Gasteiger charge is 2.29. The lowest BCUT2D eigenvalue weighted by molar-refractivity contribution is -0.122. The fraction of sp³-hybridized carbons (Fsp3) is 0.722. The third-order valence-electron chi connectivity index (χ3n) is 3.84. The standard InChI is InChI=1S/C18H30N4O/c1-17(2,3)13-11-14(22-16(21-13)18(4,5)6)19-9-10-20-15(23)12-7-8-12/h11-12H,7-10H2,1-6H3,(H,20,23)(H,19,21,22). The van der Waals surface area contributed by atoms with E-state index in [1.165, 1.54) is 0 Å². The van der Waals surface area contributed by atoms with Gasteiger partial charge < -0.3 is 10.6 Å². The zero-order valence-corrected chi connectivity index (χ0v) is 15.3. The lowest BCUT2D eigenvalue weighted by Gasteiger charge is -2.24. The van der Waals surface area contributed by atoms with Gasteiger partial charge in [-0.15, -0.1) is 0 Å². The molecule has 1 heterocycles. The van der Waals surface area contributed by atoms with Gasteiger partial charge in [-0.1, -0.05) is 41.5 Å². The fourth-order valence-electron chi connectivity index (χ4n) is 2.12. The Labute approximate surface area is 139 Å². The van der Waals surface area contributed by atoms with Crippen LogP contribution in [0, 0.1) is 5.92 Å². The van der Waals surface area contributed by atoms with Crippen LogP contribution in [0.3, 0.4) is 0 Å². The molecule has 1 aromatic heterocycles. The fourth-order valence-corrected chi connectivity index (χ4v) is 2.12. The van der Waals surface area contributed by atoms with Gasteiger partial charge in [0.2, 0.25) is 5.91 Å². The number of nitrogens with one attached hydrogen (secondary N) is 2. The molecule has 2 N–H and O–H groups in total. The van der Waals surface area contributed by atoms with E-state index >= 15 is 0 Å². The molecule has 128 valence electrons. The molecule has 0 bridgehead atoms. The number of hydrogen-bond donors (Lipinski definition) is 2. The number of carbonyl (C=O) groups is 1. The summed E-state index contributed by atoms with van der Waals surface area (Å²) in [5.74, 6) is 2.11. The first kappa shape index (κ1) is 17.7. The van der Waals surface area contributed by atoms with Crippen LogP contribution in [0.15, 0.2) is 6.07 Å². The first-order valence-electron chi connectivity index (χ1n) is 8.49. The molecule has 5 nitrogen and oxygen atoms in total. The maximum absolute atomic E-state index is 11.6. The topological polar surface area (TPSA) is 66.9 Å². The largest absolute Gasteiger partial charge is 0.368 e. The van der Waals surface area contributed by atoms with Crippen molar-refractivity contribution in [2.24, 2.45) is 5.92 Å². The van der Waals surface area contributed by atoms with Crippen LogP contribution in [0.25, 0.3) is 0 Å². The Hall–Kier alpha value is -1.65. The maximum Gasteiger partial charge on any atom is 0.223 e. The van der Waals surface area contributed by atoms with Crippen LogP contribution in [0.1, 0.15) is 65.9 Å². The van der Waals surface area contributed by atoms with Crippen molar-refractivity contribution in [3.8, 4) is 0 Å². The van der Waals surface area contributed by atoms with Gasteiger partial charge in [-0.25, -0.2) is 9.97 Å². The molecular formula is C18H30N4O. The molecule has 1 aliphatic rings. The zero-order chi connectivity index (χ0) is 17.3. The molecule has 0 radical (unpaired) electrons. The van der Waals surface area contributed by atoms with Gasteiger partial charge in [0.1, 0.15) is 11.6 Å². The Bertz CT molecular complexity index is 533. The summed E-state index contributed by atoms with van der Waals surface area (Å²) in [6.45, 7) is 14.1. The van der Waals surface area contributed by atoms with E-state index in [2.05, 4.69) is 57.2 Å². The van der Waals surface area contributed by atoms with E-state index in [9.17, 15) is 4.79 Å². The molecule has 2 rings (SSSR count). The van der Waals surface area contributed by atoms with E-state index in [0.717, 1.165) is 30.2 Å². The van der Waals surface area contributed by atoms with E-state index < -0.39 is 0 Å². The van der Waals surface area contributed by atoms with Crippen molar-refractivity contribution in [2.75, 3.05) is 18.4 Å². The van der Waals surface area contributed by atoms with Gasteiger partial charge in [0, 0.05) is 35.9 Å². The van der Waals surface area contributed by atoms with Crippen LogP contribution >= 0.6 is 0 Å². The molecule has 0 unspecified atom stereocenters. The van der Waals surface area contributed by atoms with E-state index in [4.69, 9.17) is 4.98 Å². The number of rotatable bonds is 5. The van der Waals surface area contributed by atoms with Crippen molar-refractivity contribution in [1.82, 2.24) is 15.3 Å². The molecule has 0 aliphatic heterocycles. The average molecular weight is 318 g/mol. The minimum absolute atomic E-state index is 0.0282. The van der Waals surface area contributed by atoms with E-state index in [-0.39, 0.29) is 22.7 Å². The van der Waals surface area contributed by atoms with Crippen molar-refractivity contribution < 1.29 is 4.79 Å². The van der Waals surface area contributed by atoms with E-state index in [1.807, 2.05) is 6.07 Å². The molecule has 1 amide bonds. The highest BCUT2D eigenvalue weighted by atomic mass is 16.2. The van der Waals surface area contributed by atoms with Crippen LogP contribution in [0.4, 0.5) is 5.82 Å². The second-order valence-corrected chi connectivity index (χ2v) is 8.45. The summed E-state index contributed by atoms with van der Waals surface area (Å²) in [6.07, 6.45) is 2.07. The lowest BCUT2D eigenvalue weighted by atomic mass is 9.90. The Balaban J connectivity index is 2.03. The summed E-state index contributed by atoms with van der Waals surface area (Å²) >= 11 is 0. The van der Waals surface area contributed by atoms with Gasteiger partial charge >= 0.3 is 0 Å². The summed E-state index contributed by atoms with van der Waals surface area (Å²) in [6, 6.07) is 2.01. The minimum Gasteiger partial charge on any atom is -0.368 e. The highest BCUT2D eigenvalue weighted by Crippen LogP contribution is 2.28. The second kappa shape index (κ2) is 6.46. The SMILES string of the molecule is CC(C)(C)c1cc(NCCNC(=O)C2CC2)nc(C(C)(C)C)n1. The number of hydrogen-bond acceptors (Lipinski definition) is 4. The third-order valence-corrected chi connectivity index (χ3v) is 3.84. The molecular weight excluding hydrogens is 288 g/mol. The minimum atomic E-state index is -0.0993. The Morgan fingerprint density at radius 2 is 1.74 bits per heavy atom. The van der Waals surface area contributed by atoms with Crippen molar-refractivity contribution >= 4 is 11.7 Å². The highest BCUT2D eigenvalue weighted by molar-refractivity contribution is 5.80. The summed E-state index contributed by atoms with van der Waals surface area (Å²) in [5.41, 5.74) is 0.902. The van der Waals surface area contributed by atoms with Gasteiger partial charge in [0.15, 0.2) is 0 Å². The molecule has 5 heteroatoms. The normalized spacial score (nSPS) is 15.4. The monoisotopic (exact) mass is 318 g/mol. The van der Waals surface area contributed by atoms with Crippen LogP contribution in [-0.2, 0) is 15.6 Å². The Morgan fingerprint density at radius 3 is 2.26 bits per heavy atom. The third kappa shape index (κ3) is 5.19. The van der Waals surface area contributed by atoms with Gasteiger partial charge in [-0.3, -0.25) is 4.79 Å². The van der Waals surface area contributed by atoms with Gasteiger partial charge in [0.25, 0.3) is 0 Å².